The summed E-state index contributed by atoms with van der Waals surface area (Å²) in [5.41, 5.74) is 7.56. The van der Waals surface area contributed by atoms with E-state index in [9.17, 15) is 9.59 Å². The monoisotopic (exact) mass is 380 g/mol. The van der Waals surface area contributed by atoms with Gasteiger partial charge in [0.05, 0.1) is 6.61 Å². The van der Waals surface area contributed by atoms with Crippen LogP contribution in [0, 0.1) is 0 Å². The third-order valence-corrected chi connectivity index (χ3v) is 5.09. The number of hydrogen-bond donors (Lipinski definition) is 2. The van der Waals surface area contributed by atoms with Crippen molar-refractivity contribution in [2.45, 2.75) is 13.5 Å². The van der Waals surface area contributed by atoms with Crippen LogP contribution in [0.2, 0.25) is 0 Å². The second-order valence-corrected chi connectivity index (χ2v) is 6.90. The number of amides is 2. The quantitative estimate of drug-likeness (QED) is 0.653. The Hall–Kier alpha value is -3.12. The lowest BCUT2D eigenvalue weighted by Crippen LogP contribution is -2.22. The number of rotatable bonds is 7. The number of nitrogens with two attached hydrogens (primary N) is 1. The Morgan fingerprint density at radius 1 is 1.07 bits per heavy atom. The van der Waals surface area contributed by atoms with Crippen LogP contribution in [0.25, 0.3) is 10.4 Å². The Bertz CT molecular complexity index is 951. The summed E-state index contributed by atoms with van der Waals surface area (Å²) in [6.45, 7) is 2.66. The van der Waals surface area contributed by atoms with Crippen LogP contribution in [0.5, 0.6) is 5.75 Å². The Kier molecular flexibility index (Phi) is 5.88. The fraction of sp³-hybridized carbons (Fsp3) is 0.143. The second kappa shape index (κ2) is 8.51. The van der Waals surface area contributed by atoms with E-state index in [-0.39, 0.29) is 5.91 Å². The van der Waals surface area contributed by atoms with E-state index in [0.29, 0.717) is 29.3 Å². The molecule has 1 heterocycles. The van der Waals surface area contributed by atoms with Gasteiger partial charge in [0.1, 0.15) is 10.6 Å². The molecule has 0 radical (unpaired) electrons. The molecule has 5 nitrogen and oxygen atoms in total. The Balaban J connectivity index is 1.78. The van der Waals surface area contributed by atoms with Gasteiger partial charge in [-0.1, -0.05) is 42.5 Å². The summed E-state index contributed by atoms with van der Waals surface area (Å²) in [5, 5.41) is 2.88. The number of benzene rings is 2. The van der Waals surface area contributed by atoms with Gasteiger partial charge in [0, 0.05) is 17.0 Å². The Labute approximate surface area is 161 Å². The van der Waals surface area contributed by atoms with Crippen LogP contribution in [0.15, 0.2) is 60.7 Å². The molecule has 0 atom stereocenters. The van der Waals surface area contributed by atoms with Gasteiger partial charge in [-0.15, -0.1) is 11.3 Å². The minimum Gasteiger partial charge on any atom is -0.492 e. The normalized spacial score (nSPS) is 10.4. The van der Waals surface area contributed by atoms with E-state index in [1.807, 2.05) is 49.4 Å². The number of ether oxygens (including phenoxy) is 1. The maximum Gasteiger partial charge on any atom is 0.265 e. The van der Waals surface area contributed by atoms with Crippen molar-refractivity contribution < 1.29 is 14.3 Å². The highest BCUT2D eigenvalue weighted by Crippen LogP contribution is 2.36. The highest BCUT2D eigenvalue weighted by molar-refractivity contribution is 7.17. The van der Waals surface area contributed by atoms with Gasteiger partial charge in [0.2, 0.25) is 5.91 Å². The van der Waals surface area contributed by atoms with Gasteiger partial charge in [-0.05, 0) is 36.2 Å². The van der Waals surface area contributed by atoms with Gasteiger partial charge in [-0.2, -0.15) is 0 Å². The van der Waals surface area contributed by atoms with E-state index in [0.717, 1.165) is 16.0 Å². The van der Waals surface area contributed by atoms with E-state index < -0.39 is 5.91 Å². The first-order valence-electron chi connectivity index (χ1n) is 8.57. The average Bonchev–Trinajstić information content (AvgIpc) is 3.11. The predicted molar refractivity (Wildman–Crippen MR) is 107 cm³/mol. The Morgan fingerprint density at radius 2 is 1.85 bits per heavy atom. The van der Waals surface area contributed by atoms with Crippen molar-refractivity contribution in [2.75, 3.05) is 6.61 Å². The van der Waals surface area contributed by atoms with Crippen LogP contribution in [-0.4, -0.2) is 18.4 Å². The molecule has 0 saturated heterocycles. The van der Waals surface area contributed by atoms with Crippen LogP contribution in [-0.2, 0) is 6.54 Å². The number of carbonyl (C=O) groups excluding carboxylic acids is 2. The summed E-state index contributed by atoms with van der Waals surface area (Å²) in [7, 11) is 0. The first-order valence-corrected chi connectivity index (χ1v) is 9.39. The number of thiophene rings is 1. The molecule has 3 rings (SSSR count). The van der Waals surface area contributed by atoms with Crippen molar-refractivity contribution in [2.24, 2.45) is 5.73 Å². The van der Waals surface area contributed by atoms with Gasteiger partial charge in [-0.3, -0.25) is 9.59 Å². The molecule has 138 valence electrons. The van der Waals surface area contributed by atoms with Crippen molar-refractivity contribution >= 4 is 23.2 Å². The third kappa shape index (κ3) is 4.54. The molecule has 0 fully saturated rings. The van der Waals surface area contributed by atoms with Crippen molar-refractivity contribution in [1.29, 1.82) is 0 Å². The summed E-state index contributed by atoms with van der Waals surface area (Å²) in [6, 6.07) is 18.7. The lowest BCUT2D eigenvalue weighted by Gasteiger charge is -2.07. The number of carbonyl (C=O) groups is 2. The van der Waals surface area contributed by atoms with Gasteiger partial charge >= 0.3 is 0 Å². The molecule has 1 aromatic heterocycles. The van der Waals surface area contributed by atoms with Crippen molar-refractivity contribution in [3.8, 4) is 16.2 Å². The summed E-state index contributed by atoms with van der Waals surface area (Å²) in [6.07, 6.45) is 0. The smallest absolute Gasteiger partial charge is 0.265 e. The molecule has 3 aromatic rings. The minimum absolute atomic E-state index is 0.213. The van der Waals surface area contributed by atoms with E-state index in [4.69, 9.17) is 10.5 Å². The molecule has 0 aliphatic heterocycles. The van der Waals surface area contributed by atoms with Crippen LogP contribution in [0.1, 0.15) is 32.5 Å². The molecule has 0 bridgehead atoms. The third-order valence-electron chi connectivity index (χ3n) is 3.93. The number of primary amides is 1. The lowest BCUT2D eigenvalue weighted by atomic mass is 10.1. The molecular weight excluding hydrogens is 360 g/mol. The van der Waals surface area contributed by atoms with E-state index in [1.165, 1.54) is 11.3 Å². The zero-order valence-corrected chi connectivity index (χ0v) is 15.7. The Morgan fingerprint density at radius 3 is 2.56 bits per heavy atom. The molecule has 0 aliphatic carbocycles. The fourth-order valence-corrected chi connectivity index (χ4v) is 3.66. The topological polar surface area (TPSA) is 81.4 Å². The van der Waals surface area contributed by atoms with Crippen LogP contribution >= 0.6 is 11.3 Å². The van der Waals surface area contributed by atoms with Gasteiger partial charge in [0.15, 0.2) is 0 Å². The molecule has 27 heavy (non-hydrogen) atoms. The summed E-state index contributed by atoms with van der Waals surface area (Å²) >= 11 is 1.39. The average molecular weight is 380 g/mol. The van der Waals surface area contributed by atoms with Crippen molar-refractivity contribution in [1.82, 2.24) is 5.32 Å². The first-order chi connectivity index (χ1) is 13.1. The second-order valence-electron chi connectivity index (χ2n) is 5.85. The molecular formula is C21H20N2O3S. The predicted octanol–water partition coefficient (Wildman–Crippen LogP) is 3.84. The van der Waals surface area contributed by atoms with Crippen LogP contribution < -0.4 is 15.8 Å². The molecule has 6 heteroatoms. The zero-order chi connectivity index (χ0) is 19.2. The van der Waals surface area contributed by atoms with E-state index >= 15 is 0 Å². The molecule has 2 amide bonds. The summed E-state index contributed by atoms with van der Waals surface area (Å²) in [5.74, 6) is -0.132. The molecule has 2 aromatic carbocycles. The van der Waals surface area contributed by atoms with Crippen LogP contribution in [0.4, 0.5) is 0 Å². The number of hydrogen-bond acceptors (Lipinski definition) is 4. The maximum absolute atomic E-state index is 12.7. The number of nitrogens with one attached hydrogen (secondary N) is 1. The van der Waals surface area contributed by atoms with Gasteiger partial charge < -0.3 is 15.8 Å². The van der Waals surface area contributed by atoms with Gasteiger partial charge in [0.25, 0.3) is 5.91 Å². The highest BCUT2D eigenvalue weighted by Gasteiger charge is 2.18. The van der Waals surface area contributed by atoms with Gasteiger partial charge in [-0.25, -0.2) is 0 Å². The van der Waals surface area contributed by atoms with E-state index in [2.05, 4.69) is 5.32 Å². The molecule has 0 spiro atoms. The summed E-state index contributed by atoms with van der Waals surface area (Å²) in [4.78, 5) is 25.5. The fourth-order valence-electron chi connectivity index (χ4n) is 2.64. The standard InChI is InChI=1S/C21H20N2O3S/c1-2-26-17-12-18(15-8-4-3-5-9-15)27-19(17)21(25)23-13-14-7-6-10-16(11-14)20(22)24/h3-12H,2,13H2,1H3,(H2,22,24)(H,23,25). The highest BCUT2D eigenvalue weighted by atomic mass is 32.1. The van der Waals surface area contributed by atoms with Crippen molar-refractivity contribution in [3.63, 3.8) is 0 Å². The largest absolute Gasteiger partial charge is 0.492 e. The molecule has 0 aliphatic rings. The molecule has 3 N–H and O–H groups in total. The first kappa shape index (κ1) is 18.7. The maximum atomic E-state index is 12.7. The SMILES string of the molecule is CCOc1cc(-c2ccccc2)sc1C(=O)NCc1cccc(C(N)=O)c1. The zero-order valence-electron chi connectivity index (χ0n) is 14.9. The van der Waals surface area contributed by atoms with E-state index in [1.54, 1.807) is 18.2 Å². The summed E-state index contributed by atoms with van der Waals surface area (Å²) < 4.78 is 5.65. The van der Waals surface area contributed by atoms with Crippen molar-refractivity contribution in [3.05, 3.63) is 76.7 Å². The molecule has 0 unspecified atom stereocenters. The molecule has 0 saturated carbocycles. The lowest BCUT2D eigenvalue weighted by molar-refractivity contribution is 0.0951. The minimum atomic E-state index is -0.493. The van der Waals surface area contributed by atoms with Crippen LogP contribution in [0.3, 0.4) is 0 Å².